The van der Waals surface area contributed by atoms with Crippen LogP contribution in [0.3, 0.4) is 0 Å². The number of nitrogens with two attached hydrogens (primary N) is 1. The van der Waals surface area contributed by atoms with E-state index < -0.39 is 11.5 Å². The fourth-order valence-electron chi connectivity index (χ4n) is 3.69. The number of carboxylic acids is 1. The molecule has 0 aromatic rings. The molecule has 1 amide bonds. The summed E-state index contributed by atoms with van der Waals surface area (Å²) in [6.45, 7) is 0. The molecule has 2 fully saturated rings. The molecule has 0 radical (unpaired) electrons. The number of hydrogen-bond donors (Lipinski definition) is 3. The van der Waals surface area contributed by atoms with Gasteiger partial charge in [-0.3, -0.25) is 9.59 Å². The van der Waals surface area contributed by atoms with Crippen LogP contribution in [0.25, 0.3) is 0 Å². The van der Waals surface area contributed by atoms with Gasteiger partial charge in [-0.1, -0.05) is 25.7 Å². The van der Waals surface area contributed by atoms with E-state index in [4.69, 9.17) is 10.8 Å². The van der Waals surface area contributed by atoms with Gasteiger partial charge in [0.25, 0.3) is 0 Å². The van der Waals surface area contributed by atoms with Crippen molar-refractivity contribution in [1.82, 2.24) is 5.32 Å². The van der Waals surface area contributed by atoms with Gasteiger partial charge in [0.15, 0.2) is 0 Å². The van der Waals surface area contributed by atoms with Crippen LogP contribution in [-0.2, 0) is 9.59 Å². The number of rotatable bonds is 4. The van der Waals surface area contributed by atoms with Crippen molar-refractivity contribution in [2.75, 3.05) is 0 Å². The van der Waals surface area contributed by atoms with Gasteiger partial charge in [0.05, 0.1) is 12.0 Å². The molecular formula is C15H26N2O3. The Morgan fingerprint density at radius 3 is 2.45 bits per heavy atom. The summed E-state index contributed by atoms with van der Waals surface area (Å²) >= 11 is 0. The van der Waals surface area contributed by atoms with Gasteiger partial charge in [0.1, 0.15) is 0 Å². The smallest absolute Gasteiger partial charge is 0.305 e. The maximum atomic E-state index is 12.4. The first-order valence-electron chi connectivity index (χ1n) is 7.80. The highest BCUT2D eigenvalue weighted by Gasteiger charge is 2.38. The predicted octanol–water partition coefficient (Wildman–Crippen LogP) is 1.80. The summed E-state index contributed by atoms with van der Waals surface area (Å²) in [6, 6.07) is 0.112. The molecule has 0 bridgehead atoms. The highest BCUT2D eigenvalue weighted by Crippen LogP contribution is 2.32. The lowest BCUT2D eigenvalue weighted by atomic mass is 9.78. The molecule has 0 aliphatic heterocycles. The lowest BCUT2D eigenvalue weighted by Crippen LogP contribution is -2.53. The monoisotopic (exact) mass is 282 g/mol. The largest absolute Gasteiger partial charge is 0.481 e. The number of aliphatic carboxylic acids is 1. The van der Waals surface area contributed by atoms with E-state index in [1.165, 1.54) is 0 Å². The second-order valence-electron chi connectivity index (χ2n) is 6.52. The van der Waals surface area contributed by atoms with Gasteiger partial charge in [0.2, 0.25) is 5.91 Å². The maximum Gasteiger partial charge on any atom is 0.305 e. The zero-order valence-electron chi connectivity index (χ0n) is 12.1. The summed E-state index contributed by atoms with van der Waals surface area (Å²) in [7, 11) is 0. The normalized spacial score (nSPS) is 29.6. The number of nitrogens with one attached hydrogen (secondary N) is 1. The Labute approximate surface area is 120 Å². The Morgan fingerprint density at radius 2 is 1.85 bits per heavy atom. The number of carboxylic acid groups (broad SMARTS) is 1. The molecule has 2 aliphatic carbocycles. The van der Waals surface area contributed by atoms with Gasteiger partial charge in [-0.25, -0.2) is 0 Å². The summed E-state index contributed by atoms with van der Waals surface area (Å²) in [5.74, 6) is -0.845. The van der Waals surface area contributed by atoms with Crippen LogP contribution >= 0.6 is 0 Å². The molecule has 5 heteroatoms. The molecule has 20 heavy (non-hydrogen) atoms. The van der Waals surface area contributed by atoms with E-state index in [2.05, 4.69) is 5.32 Å². The van der Waals surface area contributed by atoms with Gasteiger partial charge >= 0.3 is 5.97 Å². The molecule has 2 rings (SSSR count). The molecule has 5 nitrogen and oxygen atoms in total. The zero-order valence-corrected chi connectivity index (χ0v) is 12.1. The molecular weight excluding hydrogens is 256 g/mol. The Balaban J connectivity index is 1.99. The van der Waals surface area contributed by atoms with Gasteiger partial charge in [-0.05, 0) is 32.1 Å². The first-order valence-corrected chi connectivity index (χ1v) is 7.80. The fourth-order valence-corrected chi connectivity index (χ4v) is 3.69. The lowest BCUT2D eigenvalue weighted by Gasteiger charge is -2.39. The van der Waals surface area contributed by atoms with E-state index in [0.29, 0.717) is 0 Å². The molecule has 2 unspecified atom stereocenters. The van der Waals surface area contributed by atoms with E-state index >= 15 is 0 Å². The first kappa shape index (κ1) is 15.3. The van der Waals surface area contributed by atoms with Crippen LogP contribution < -0.4 is 11.1 Å². The average molecular weight is 282 g/mol. The van der Waals surface area contributed by atoms with Crippen molar-refractivity contribution in [1.29, 1.82) is 0 Å². The quantitative estimate of drug-likeness (QED) is 0.733. The minimum absolute atomic E-state index is 0.0169. The molecule has 0 saturated heterocycles. The maximum absolute atomic E-state index is 12.4. The van der Waals surface area contributed by atoms with Gasteiger partial charge in [0, 0.05) is 12.0 Å². The van der Waals surface area contributed by atoms with Gasteiger partial charge in [-0.15, -0.1) is 0 Å². The Morgan fingerprint density at radius 1 is 1.15 bits per heavy atom. The van der Waals surface area contributed by atoms with Crippen molar-refractivity contribution < 1.29 is 14.7 Å². The highest BCUT2D eigenvalue weighted by molar-refractivity contribution is 5.80. The van der Waals surface area contributed by atoms with Crippen LogP contribution in [0.5, 0.6) is 0 Å². The van der Waals surface area contributed by atoms with Crippen molar-refractivity contribution in [3.05, 3.63) is 0 Å². The van der Waals surface area contributed by atoms with E-state index in [9.17, 15) is 9.59 Å². The molecule has 2 saturated carbocycles. The Kier molecular flexibility index (Phi) is 5.02. The van der Waals surface area contributed by atoms with Crippen LogP contribution in [0.2, 0.25) is 0 Å². The second kappa shape index (κ2) is 6.57. The Hall–Kier alpha value is -1.10. The van der Waals surface area contributed by atoms with Crippen molar-refractivity contribution in [3.63, 3.8) is 0 Å². The fraction of sp³-hybridized carbons (Fsp3) is 0.867. The Bertz CT molecular complexity index is 364. The second-order valence-corrected chi connectivity index (χ2v) is 6.52. The van der Waals surface area contributed by atoms with Crippen LogP contribution in [0.15, 0.2) is 0 Å². The topological polar surface area (TPSA) is 92.4 Å². The number of hydrogen-bond acceptors (Lipinski definition) is 3. The van der Waals surface area contributed by atoms with Crippen LogP contribution in [0.4, 0.5) is 0 Å². The number of carbonyl (C=O) groups excluding carboxylic acids is 1. The third-order valence-electron chi connectivity index (χ3n) is 4.77. The molecule has 0 spiro atoms. The molecule has 0 heterocycles. The van der Waals surface area contributed by atoms with Crippen LogP contribution in [-0.4, -0.2) is 28.6 Å². The third-order valence-corrected chi connectivity index (χ3v) is 4.77. The van der Waals surface area contributed by atoms with E-state index in [0.717, 1.165) is 57.8 Å². The highest BCUT2D eigenvalue weighted by atomic mass is 16.4. The van der Waals surface area contributed by atoms with E-state index in [1.54, 1.807) is 0 Å². The van der Waals surface area contributed by atoms with Crippen molar-refractivity contribution in [3.8, 4) is 0 Å². The average Bonchev–Trinajstić information content (AvgIpc) is 2.38. The summed E-state index contributed by atoms with van der Waals surface area (Å²) < 4.78 is 0. The zero-order chi connectivity index (χ0) is 14.6. The van der Waals surface area contributed by atoms with Crippen molar-refractivity contribution in [2.45, 2.75) is 75.8 Å². The minimum atomic E-state index is -0.826. The number of carbonyl (C=O) groups is 2. The summed E-state index contributed by atoms with van der Waals surface area (Å²) in [5.41, 5.74) is 5.41. The van der Waals surface area contributed by atoms with E-state index in [-0.39, 0.29) is 24.3 Å². The van der Waals surface area contributed by atoms with Crippen LogP contribution in [0, 0.1) is 5.92 Å². The minimum Gasteiger partial charge on any atom is -0.481 e. The first-order chi connectivity index (χ1) is 9.51. The SMILES string of the molecule is NC1CCCC(C(=O)NC2(CC(=O)O)CCCCC2)C1. The summed E-state index contributed by atoms with van der Waals surface area (Å²) in [5, 5.41) is 12.2. The van der Waals surface area contributed by atoms with E-state index in [1.807, 2.05) is 0 Å². The van der Waals surface area contributed by atoms with Gasteiger partial charge in [-0.2, -0.15) is 0 Å². The molecule has 2 aliphatic rings. The standard InChI is InChI=1S/C15H26N2O3/c16-12-6-4-5-11(9-12)14(20)17-15(10-13(18)19)7-2-1-3-8-15/h11-12H,1-10,16H2,(H,17,20)(H,18,19). The molecule has 0 aromatic heterocycles. The summed E-state index contributed by atoms with van der Waals surface area (Å²) in [4.78, 5) is 23.6. The summed E-state index contributed by atoms with van der Waals surface area (Å²) in [6.07, 6.45) is 8.32. The van der Waals surface area contributed by atoms with Crippen molar-refractivity contribution >= 4 is 11.9 Å². The van der Waals surface area contributed by atoms with Crippen molar-refractivity contribution in [2.24, 2.45) is 11.7 Å². The molecule has 4 N–H and O–H groups in total. The molecule has 114 valence electrons. The lowest BCUT2D eigenvalue weighted by molar-refractivity contribution is -0.140. The van der Waals surface area contributed by atoms with Crippen LogP contribution in [0.1, 0.15) is 64.2 Å². The predicted molar refractivity (Wildman–Crippen MR) is 76.1 cm³/mol. The molecule has 0 aromatic carbocycles. The third kappa shape index (κ3) is 3.95. The number of amides is 1. The van der Waals surface area contributed by atoms with Gasteiger partial charge < -0.3 is 16.2 Å². The molecule has 2 atom stereocenters.